The monoisotopic (exact) mass is 250 g/mol. The molecule has 0 aliphatic heterocycles. The van der Waals surface area contributed by atoms with Gasteiger partial charge >= 0.3 is 0 Å². The average Bonchev–Trinajstić information content (AvgIpc) is 2.15. The Morgan fingerprint density at radius 2 is 1.88 bits per heavy atom. The molecule has 0 fully saturated rings. The summed E-state index contributed by atoms with van der Waals surface area (Å²) in [6, 6.07) is 3.67. The molecule has 1 rings (SSSR count). The van der Waals surface area contributed by atoms with Gasteiger partial charge in [0.25, 0.3) is 10.1 Å². The van der Waals surface area contributed by atoms with Gasteiger partial charge in [-0.05, 0) is 30.2 Å². The molecule has 90 valence electrons. The minimum atomic E-state index is -4.35. The summed E-state index contributed by atoms with van der Waals surface area (Å²) in [4.78, 5) is -0.361. The first kappa shape index (κ1) is 13.1. The summed E-state index contributed by atoms with van der Waals surface area (Å²) >= 11 is 0. The van der Waals surface area contributed by atoms with E-state index in [1.54, 1.807) is 6.92 Å². The third kappa shape index (κ3) is 2.76. The third-order valence-corrected chi connectivity index (χ3v) is 3.27. The van der Waals surface area contributed by atoms with E-state index in [1.807, 2.05) is 0 Å². The number of aryl methyl sites for hydroxylation is 1. The molecule has 3 nitrogen and oxygen atoms in total. The van der Waals surface area contributed by atoms with Crippen LogP contribution in [0, 0.1) is 6.92 Å². The molecule has 0 aliphatic carbocycles. The van der Waals surface area contributed by atoms with Gasteiger partial charge in [0, 0.05) is 5.92 Å². The largest absolute Gasteiger partial charge is 0.294 e. The summed E-state index contributed by atoms with van der Waals surface area (Å²) in [5.41, 5.74) is 0.797. The van der Waals surface area contributed by atoms with Gasteiger partial charge in [0.05, 0.1) is 4.90 Å². The van der Waals surface area contributed by atoms with Crippen molar-refractivity contribution in [3.63, 3.8) is 0 Å². The van der Waals surface area contributed by atoms with Crippen molar-refractivity contribution in [2.24, 2.45) is 0 Å². The maximum Gasteiger partial charge on any atom is 0.294 e. The van der Waals surface area contributed by atoms with Crippen LogP contribution in [0.5, 0.6) is 0 Å². The van der Waals surface area contributed by atoms with Gasteiger partial charge in [0.1, 0.15) is 0 Å². The Labute approximate surface area is 92.9 Å². The molecule has 1 unspecified atom stereocenters. The number of halogens is 2. The number of benzene rings is 1. The molecule has 0 saturated carbocycles. The Hall–Kier alpha value is -1.01. The van der Waals surface area contributed by atoms with Gasteiger partial charge in [-0.15, -0.1) is 0 Å². The molecule has 0 bridgehead atoms. The molecule has 6 heteroatoms. The van der Waals surface area contributed by atoms with E-state index in [-0.39, 0.29) is 10.5 Å². The minimum Gasteiger partial charge on any atom is -0.282 e. The van der Waals surface area contributed by atoms with Gasteiger partial charge in [-0.2, -0.15) is 8.42 Å². The van der Waals surface area contributed by atoms with Crippen molar-refractivity contribution in [2.75, 3.05) is 0 Å². The normalized spacial score (nSPS) is 14.1. The highest BCUT2D eigenvalue weighted by Crippen LogP contribution is 2.27. The molecule has 0 heterocycles. The lowest BCUT2D eigenvalue weighted by atomic mass is 9.97. The lowest BCUT2D eigenvalue weighted by Crippen LogP contribution is -2.08. The third-order valence-electron chi connectivity index (χ3n) is 2.42. The number of alkyl halides is 2. The quantitative estimate of drug-likeness (QED) is 0.839. The van der Waals surface area contributed by atoms with Crippen LogP contribution >= 0.6 is 0 Å². The summed E-state index contributed by atoms with van der Waals surface area (Å²) in [6.45, 7) is 2.92. The van der Waals surface area contributed by atoms with E-state index in [4.69, 9.17) is 4.55 Å². The van der Waals surface area contributed by atoms with E-state index in [1.165, 1.54) is 19.1 Å². The van der Waals surface area contributed by atoms with E-state index < -0.39 is 22.5 Å². The molecule has 16 heavy (non-hydrogen) atoms. The Bertz CT molecular complexity index is 483. The van der Waals surface area contributed by atoms with Crippen LogP contribution in [0.15, 0.2) is 23.1 Å². The van der Waals surface area contributed by atoms with Crippen molar-refractivity contribution in [2.45, 2.75) is 31.1 Å². The predicted molar refractivity (Wildman–Crippen MR) is 55.4 cm³/mol. The fourth-order valence-electron chi connectivity index (χ4n) is 1.41. The molecule has 0 saturated heterocycles. The SMILES string of the molecule is Cc1ccc(S(=O)(=O)O)cc1C(C)C(F)F. The molecule has 0 aromatic heterocycles. The first-order valence-electron chi connectivity index (χ1n) is 4.59. The summed E-state index contributed by atoms with van der Waals surface area (Å²) in [6.07, 6.45) is -2.57. The topological polar surface area (TPSA) is 54.4 Å². The van der Waals surface area contributed by atoms with Gasteiger partial charge in [0.15, 0.2) is 0 Å². The Morgan fingerprint density at radius 1 is 1.31 bits per heavy atom. The van der Waals surface area contributed by atoms with Crippen molar-refractivity contribution < 1.29 is 21.8 Å². The van der Waals surface area contributed by atoms with Crippen molar-refractivity contribution in [3.8, 4) is 0 Å². The van der Waals surface area contributed by atoms with Crippen LogP contribution in [0.25, 0.3) is 0 Å². The number of hydrogen-bond donors (Lipinski definition) is 1. The van der Waals surface area contributed by atoms with Crippen molar-refractivity contribution in [1.82, 2.24) is 0 Å². The molecule has 1 aromatic carbocycles. The van der Waals surface area contributed by atoms with Crippen LogP contribution in [-0.2, 0) is 10.1 Å². The zero-order valence-corrected chi connectivity index (χ0v) is 9.63. The Morgan fingerprint density at radius 3 is 2.31 bits per heavy atom. The lowest BCUT2D eigenvalue weighted by Gasteiger charge is -2.14. The fraction of sp³-hybridized carbons (Fsp3) is 0.400. The molecule has 0 amide bonds. The second kappa shape index (κ2) is 4.47. The van der Waals surface area contributed by atoms with Gasteiger partial charge in [-0.25, -0.2) is 8.78 Å². The smallest absolute Gasteiger partial charge is 0.282 e. The maximum atomic E-state index is 12.5. The summed E-state index contributed by atoms with van der Waals surface area (Å²) in [5.74, 6) is -1.07. The van der Waals surface area contributed by atoms with Crippen molar-refractivity contribution in [1.29, 1.82) is 0 Å². The van der Waals surface area contributed by atoms with Crippen molar-refractivity contribution >= 4 is 10.1 Å². The van der Waals surface area contributed by atoms with E-state index in [2.05, 4.69) is 0 Å². The number of rotatable bonds is 3. The first-order chi connectivity index (χ1) is 7.23. The van der Waals surface area contributed by atoms with E-state index >= 15 is 0 Å². The molecule has 0 aliphatic rings. The summed E-state index contributed by atoms with van der Waals surface area (Å²) in [5, 5.41) is 0. The number of hydrogen-bond acceptors (Lipinski definition) is 2. The Kier molecular flexibility index (Phi) is 3.64. The highest BCUT2D eigenvalue weighted by Gasteiger charge is 2.21. The van der Waals surface area contributed by atoms with Gasteiger partial charge in [0.2, 0.25) is 6.43 Å². The minimum absolute atomic E-state index is 0.227. The summed E-state index contributed by atoms with van der Waals surface area (Å²) < 4.78 is 55.5. The molecule has 1 atom stereocenters. The molecular weight excluding hydrogens is 238 g/mol. The van der Waals surface area contributed by atoms with E-state index in [0.717, 1.165) is 6.07 Å². The van der Waals surface area contributed by atoms with Crippen molar-refractivity contribution in [3.05, 3.63) is 29.3 Å². The highest BCUT2D eigenvalue weighted by molar-refractivity contribution is 7.85. The van der Waals surface area contributed by atoms with Crippen LogP contribution in [0.1, 0.15) is 24.0 Å². The molecule has 0 radical (unpaired) electrons. The zero-order chi connectivity index (χ0) is 12.5. The van der Waals surface area contributed by atoms with Crippen LogP contribution in [0.4, 0.5) is 8.78 Å². The molecule has 1 N–H and O–H groups in total. The van der Waals surface area contributed by atoms with Crippen LogP contribution in [-0.4, -0.2) is 19.4 Å². The first-order valence-corrected chi connectivity index (χ1v) is 6.03. The van der Waals surface area contributed by atoms with Gasteiger partial charge in [-0.3, -0.25) is 4.55 Å². The van der Waals surface area contributed by atoms with Gasteiger partial charge in [-0.1, -0.05) is 13.0 Å². The standard InChI is InChI=1S/C10H12F2O3S/c1-6-3-4-8(16(13,14)15)5-9(6)7(2)10(11)12/h3-5,7,10H,1-2H3,(H,13,14,15). The second-order valence-corrected chi connectivity index (χ2v) is 5.04. The zero-order valence-electron chi connectivity index (χ0n) is 8.81. The Balaban J connectivity index is 3.30. The lowest BCUT2D eigenvalue weighted by molar-refractivity contribution is 0.121. The van der Waals surface area contributed by atoms with Crippen LogP contribution < -0.4 is 0 Å². The molecule has 1 aromatic rings. The predicted octanol–water partition coefficient (Wildman–Crippen LogP) is 2.61. The summed E-state index contributed by atoms with van der Waals surface area (Å²) in [7, 11) is -4.35. The maximum absolute atomic E-state index is 12.5. The van der Waals surface area contributed by atoms with E-state index in [0.29, 0.717) is 5.56 Å². The molecule has 0 spiro atoms. The van der Waals surface area contributed by atoms with Crippen LogP contribution in [0.2, 0.25) is 0 Å². The molecular formula is C10H12F2O3S. The second-order valence-electron chi connectivity index (χ2n) is 3.62. The fourth-order valence-corrected chi connectivity index (χ4v) is 1.92. The highest BCUT2D eigenvalue weighted by atomic mass is 32.2. The van der Waals surface area contributed by atoms with E-state index in [9.17, 15) is 17.2 Å². The van der Waals surface area contributed by atoms with Crippen LogP contribution in [0.3, 0.4) is 0 Å². The van der Waals surface area contributed by atoms with Gasteiger partial charge < -0.3 is 0 Å². The average molecular weight is 250 g/mol.